The van der Waals surface area contributed by atoms with E-state index >= 15 is 0 Å². The summed E-state index contributed by atoms with van der Waals surface area (Å²) in [7, 11) is 0. The number of amides is 1. The minimum absolute atomic E-state index is 0.146. The average molecular weight is 214 g/mol. The molecule has 0 aliphatic rings. The van der Waals surface area contributed by atoms with Crippen LogP contribution in [0.25, 0.3) is 0 Å². The molecular formula is C9H12ClN3O. The van der Waals surface area contributed by atoms with Gasteiger partial charge in [-0.05, 0) is 18.7 Å². The van der Waals surface area contributed by atoms with Gasteiger partial charge in [0, 0.05) is 6.20 Å². The molecule has 0 saturated carbocycles. The summed E-state index contributed by atoms with van der Waals surface area (Å²) in [4.78, 5) is 15.2. The summed E-state index contributed by atoms with van der Waals surface area (Å²) < 4.78 is 0. The minimum atomic E-state index is -0.146. The van der Waals surface area contributed by atoms with Gasteiger partial charge in [-0.1, -0.05) is 18.5 Å². The van der Waals surface area contributed by atoms with Crippen molar-refractivity contribution in [1.82, 2.24) is 10.3 Å². The third-order valence-electron chi connectivity index (χ3n) is 1.55. The zero-order chi connectivity index (χ0) is 10.4. The Morgan fingerprint density at radius 3 is 3.07 bits per heavy atom. The van der Waals surface area contributed by atoms with E-state index in [-0.39, 0.29) is 12.5 Å². The predicted octanol–water partition coefficient (Wildman–Crippen LogP) is 1.28. The predicted molar refractivity (Wildman–Crippen MR) is 56.4 cm³/mol. The van der Waals surface area contributed by atoms with Crippen LogP contribution in [-0.4, -0.2) is 24.0 Å². The monoisotopic (exact) mass is 213 g/mol. The lowest BCUT2D eigenvalue weighted by atomic mass is 10.4. The molecule has 4 nitrogen and oxygen atoms in total. The van der Waals surface area contributed by atoms with Crippen molar-refractivity contribution < 1.29 is 4.79 Å². The third kappa shape index (κ3) is 3.32. The Morgan fingerprint density at radius 1 is 1.64 bits per heavy atom. The van der Waals surface area contributed by atoms with Crippen molar-refractivity contribution in [3.63, 3.8) is 0 Å². The molecule has 1 rings (SSSR count). The van der Waals surface area contributed by atoms with Crippen LogP contribution in [0.1, 0.15) is 6.92 Å². The van der Waals surface area contributed by atoms with Crippen molar-refractivity contribution in [2.24, 2.45) is 0 Å². The molecule has 1 aromatic heterocycles. The molecule has 2 N–H and O–H groups in total. The van der Waals surface area contributed by atoms with Crippen molar-refractivity contribution in [1.29, 1.82) is 0 Å². The van der Waals surface area contributed by atoms with E-state index in [9.17, 15) is 4.79 Å². The largest absolute Gasteiger partial charge is 0.309 e. The first-order chi connectivity index (χ1) is 6.74. The molecule has 5 heteroatoms. The molecular weight excluding hydrogens is 202 g/mol. The van der Waals surface area contributed by atoms with Gasteiger partial charge in [-0.25, -0.2) is 4.98 Å². The van der Waals surface area contributed by atoms with Gasteiger partial charge in [0.25, 0.3) is 0 Å². The Bertz CT molecular complexity index is 317. The van der Waals surface area contributed by atoms with Gasteiger partial charge < -0.3 is 10.6 Å². The maximum atomic E-state index is 11.3. The van der Waals surface area contributed by atoms with E-state index in [1.807, 2.05) is 6.92 Å². The van der Waals surface area contributed by atoms with Crippen molar-refractivity contribution in [3.05, 3.63) is 23.4 Å². The number of hydrogen-bond acceptors (Lipinski definition) is 3. The van der Waals surface area contributed by atoms with E-state index in [1.54, 1.807) is 18.3 Å². The lowest BCUT2D eigenvalue weighted by molar-refractivity contribution is -0.115. The normalized spacial score (nSPS) is 9.86. The molecule has 1 aromatic rings. The summed E-state index contributed by atoms with van der Waals surface area (Å²) in [5, 5.41) is 5.95. The van der Waals surface area contributed by atoms with Crippen LogP contribution in [0.15, 0.2) is 18.3 Å². The lowest BCUT2D eigenvalue weighted by Gasteiger charge is -2.05. The smallest absolute Gasteiger partial charge is 0.239 e. The topological polar surface area (TPSA) is 54.0 Å². The van der Waals surface area contributed by atoms with Gasteiger partial charge in [-0.3, -0.25) is 4.79 Å². The number of pyridine rings is 1. The number of hydrogen-bond donors (Lipinski definition) is 2. The Hall–Kier alpha value is -1.13. The van der Waals surface area contributed by atoms with Gasteiger partial charge >= 0.3 is 0 Å². The Kier molecular flexibility index (Phi) is 4.35. The van der Waals surface area contributed by atoms with Crippen molar-refractivity contribution in [2.45, 2.75) is 6.92 Å². The van der Waals surface area contributed by atoms with Crippen LogP contribution in [0.3, 0.4) is 0 Å². The van der Waals surface area contributed by atoms with Gasteiger partial charge in [0.05, 0.1) is 11.6 Å². The third-order valence-corrected chi connectivity index (χ3v) is 1.86. The molecule has 0 unspecified atom stereocenters. The second-order valence-electron chi connectivity index (χ2n) is 2.66. The fourth-order valence-electron chi connectivity index (χ4n) is 0.892. The van der Waals surface area contributed by atoms with Crippen LogP contribution in [0.5, 0.6) is 0 Å². The maximum Gasteiger partial charge on any atom is 0.239 e. The summed E-state index contributed by atoms with van der Waals surface area (Å²) in [6, 6.07) is 3.39. The number of aromatic nitrogens is 1. The maximum absolute atomic E-state index is 11.3. The van der Waals surface area contributed by atoms with E-state index in [4.69, 9.17) is 11.6 Å². The van der Waals surface area contributed by atoms with Gasteiger partial charge in [0.1, 0.15) is 0 Å². The molecule has 1 heterocycles. The zero-order valence-electron chi connectivity index (χ0n) is 7.88. The van der Waals surface area contributed by atoms with Crippen LogP contribution in [-0.2, 0) is 4.79 Å². The van der Waals surface area contributed by atoms with Crippen molar-refractivity contribution >= 4 is 23.3 Å². The molecule has 0 aliphatic heterocycles. The molecule has 0 saturated heterocycles. The lowest BCUT2D eigenvalue weighted by Crippen LogP contribution is -2.28. The first kappa shape index (κ1) is 10.9. The molecule has 0 atom stereocenters. The van der Waals surface area contributed by atoms with Gasteiger partial charge in [0.15, 0.2) is 5.82 Å². The number of nitrogens with zero attached hydrogens (tertiary/aromatic N) is 1. The van der Waals surface area contributed by atoms with Gasteiger partial charge in [-0.15, -0.1) is 0 Å². The SMILES string of the molecule is CCNCC(=O)Nc1ncccc1Cl. The summed E-state index contributed by atoms with van der Waals surface area (Å²) in [5.74, 6) is 0.254. The highest BCUT2D eigenvalue weighted by Crippen LogP contribution is 2.16. The molecule has 0 bridgehead atoms. The van der Waals surface area contributed by atoms with E-state index in [2.05, 4.69) is 15.6 Å². The highest BCUT2D eigenvalue weighted by molar-refractivity contribution is 6.33. The Balaban J connectivity index is 2.52. The van der Waals surface area contributed by atoms with Crippen LogP contribution >= 0.6 is 11.6 Å². The van der Waals surface area contributed by atoms with E-state index in [1.165, 1.54) is 0 Å². The standard InChI is InChI=1S/C9H12ClN3O/c1-2-11-6-8(14)13-9-7(10)4-3-5-12-9/h3-5,11H,2,6H2,1H3,(H,12,13,14). The number of halogens is 1. The number of anilines is 1. The molecule has 0 spiro atoms. The van der Waals surface area contributed by atoms with Crippen LogP contribution in [0.4, 0.5) is 5.82 Å². The van der Waals surface area contributed by atoms with Crippen LogP contribution in [0, 0.1) is 0 Å². The van der Waals surface area contributed by atoms with E-state index in [0.29, 0.717) is 10.8 Å². The van der Waals surface area contributed by atoms with Crippen LogP contribution < -0.4 is 10.6 Å². The second-order valence-corrected chi connectivity index (χ2v) is 3.07. The van der Waals surface area contributed by atoms with Crippen molar-refractivity contribution in [3.8, 4) is 0 Å². The molecule has 1 amide bonds. The minimum Gasteiger partial charge on any atom is -0.309 e. The highest BCUT2D eigenvalue weighted by Gasteiger charge is 2.04. The Labute approximate surface area is 87.7 Å². The van der Waals surface area contributed by atoms with Crippen molar-refractivity contribution in [2.75, 3.05) is 18.4 Å². The van der Waals surface area contributed by atoms with Gasteiger partial charge in [0.2, 0.25) is 5.91 Å². The molecule has 0 aliphatic carbocycles. The quantitative estimate of drug-likeness (QED) is 0.793. The fraction of sp³-hybridized carbons (Fsp3) is 0.333. The molecule has 0 radical (unpaired) electrons. The zero-order valence-corrected chi connectivity index (χ0v) is 8.64. The number of likely N-dealkylation sites (N-methyl/N-ethyl adjacent to an activating group) is 1. The first-order valence-electron chi connectivity index (χ1n) is 4.35. The van der Waals surface area contributed by atoms with Crippen LogP contribution in [0.2, 0.25) is 5.02 Å². The second kappa shape index (κ2) is 5.57. The number of rotatable bonds is 4. The summed E-state index contributed by atoms with van der Waals surface area (Å²) in [6.07, 6.45) is 1.58. The van der Waals surface area contributed by atoms with E-state index < -0.39 is 0 Å². The fourth-order valence-corrected chi connectivity index (χ4v) is 1.06. The Morgan fingerprint density at radius 2 is 2.43 bits per heavy atom. The van der Waals surface area contributed by atoms with E-state index in [0.717, 1.165) is 6.54 Å². The molecule has 14 heavy (non-hydrogen) atoms. The first-order valence-corrected chi connectivity index (χ1v) is 4.73. The number of carbonyl (C=O) groups is 1. The summed E-state index contributed by atoms with van der Waals surface area (Å²) in [6.45, 7) is 2.95. The average Bonchev–Trinajstić information content (AvgIpc) is 2.18. The number of carbonyl (C=O) groups excluding carboxylic acids is 1. The highest BCUT2D eigenvalue weighted by atomic mass is 35.5. The molecule has 76 valence electrons. The molecule has 0 aromatic carbocycles. The summed E-state index contributed by atoms with van der Waals surface area (Å²) in [5.41, 5.74) is 0. The summed E-state index contributed by atoms with van der Waals surface area (Å²) >= 11 is 5.80. The number of nitrogens with one attached hydrogen (secondary N) is 2. The molecule has 0 fully saturated rings. The van der Waals surface area contributed by atoms with Gasteiger partial charge in [-0.2, -0.15) is 0 Å².